The average Bonchev–Trinajstić information content (AvgIpc) is 3.21. The largest absolute Gasteiger partial charge is 0.495 e. The van der Waals surface area contributed by atoms with E-state index in [0.717, 1.165) is 0 Å². The van der Waals surface area contributed by atoms with Crippen molar-refractivity contribution in [3.63, 3.8) is 0 Å². The first-order valence-electron chi connectivity index (χ1n) is 22.5. The summed E-state index contributed by atoms with van der Waals surface area (Å²) in [5, 5.41) is 119. The molecule has 3 aliphatic heterocycles. The standard InChI is InChI=1S/C48H75NO16/c1-28-18-16-14-12-10-8-6-7-9-11-13-15-17-19-36(64-47-45(58)42(49)44(57)32(5)63-47)25-40-41(46(59)60)39(55)27-48(61,65-40)26-35(52)24-38(54)37(53)21-20-33(50)23-34(51)22-29(2)62-31(4)30(3)43(28)56/h6-19,28,30-45,47,50-58,61H,2,20-27,49H2,1,3-5H3,(H,59,60)/b7-6+,10-8+,11-9+,14-12+,15-13+,18-16+,19-17+/t28-,30-,31-,32+,33+,34-,35-,36-,37+,38+,39-,40-,41+,42-,43+,44+,45-,47-,48+/m0/s1. The SMILES string of the molecule is C=C1C[C@H](O)C[C@H](O)CC[C@@H](O)[C@H](O)C[C@H](O)C[C@]2(O)C[C@H](O)[C@@H](C(=O)O)[C@H](C[C@@H](O[C@@H]3O[C@H](C)[C@@H](O)[C@H](N)[C@@H]3O)/C=C/C=C/C=C/C=C/C=C/C=C/C=C/[C@H](C)[C@@H](O)[C@@H](C)[C@H](C)O1)O2. The highest BCUT2D eigenvalue weighted by Gasteiger charge is 2.51. The molecule has 19 atom stereocenters. The summed E-state index contributed by atoms with van der Waals surface area (Å²) in [5.74, 6) is -5.54. The number of hydrogen-bond donors (Lipinski definition) is 12. The molecule has 17 nitrogen and oxygen atoms in total. The van der Waals surface area contributed by atoms with Gasteiger partial charge in [0.05, 0.1) is 78.9 Å². The number of aliphatic hydroxyl groups is 10. The van der Waals surface area contributed by atoms with Crippen LogP contribution in [0.5, 0.6) is 0 Å². The molecule has 368 valence electrons. The van der Waals surface area contributed by atoms with Gasteiger partial charge in [0.1, 0.15) is 18.1 Å². The van der Waals surface area contributed by atoms with Gasteiger partial charge in [-0.25, -0.2) is 0 Å². The third kappa shape index (κ3) is 18.7. The molecule has 0 aromatic carbocycles. The molecule has 0 amide bonds. The van der Waals surface area contributed by atoms with Crippen LogP contribution in [0, 0.1) is 17.8 Å². The van der Waals surface area contributed by atoms with Crippen LogP contribution in [-0.4, -0.2) is 160 Å². The maximum Gasteiger partial charge on any atom is 0.311 e. The van der Waals surface area contributed by atoms with E-state index >= 15 is 0 Å². The number of hydrogen-bond acceptors (Lipinski definition) is 16. The Morgan fingerprint density at radius 2 is 1.25 bits per heavy atom. The summed E-state index contributed by atoms with van der Waals surface area (Å²) in [7, 11) is 0. The van der Waals surface area contributed by atoms with Crippen LogP contribution in [0.15, 0.2) is 97.4 Å². The Kier molecular flexibility index (Phi) is 23.6. The Bertz CT molecular complexity index is 1660. The summed E-state index contributed by atoms with van der Waals surface area (Å²) < 4.78 is 23.6. The van der Waals surface area contributed by atoms with E-state index in [4.69, 9.17) is 24.7 Å². The predicted octanol–water partition coefficient (Wildman–Crippen LogP) is 1.70. The molecule has 0 spiro atoms. The fraction of sp³-hybridized carbons (Fsp3) is 0.646. The van der Waals surface area contributed by atoms with Gasteiger partial charge in [-0.05, 0) is 33.1 Å². The summed E-state index contributed by atoms with van der Waals surface area (Å²) in [6.07, 6.45) is 5.56. The lowest BCUT2D eigenvalue weighted by Crippen LogP contribution is -2.61. The molecule has 2 bridgehead atoms. The van der Waals surface area contributed by atoms with Crippen molar-refractivity contribution in [2.24, 2.45) is 23.5 Å². The van der Waals surface area contributed by atoms with Crippen LogP contribution in [0.2, 0.25) is 0 Å². The topological polar surface area (TPSA) is 303 Å². The average molecular weight is 922 g/mol. The lowest BCUT2D eigenvalue weighted by molar-refractivity contribution is -0.308. The van der Waals surface area contributed by atoms with Crippen LogP contribution in [0.1, 0.15) is 79.1 Å². The van der Waals surface area contributed by atoms with Crippen molar-refractivity contribution in [1.82, 2.24) is 0 Å². The number of allylic oxidation sites excluding steroid dienone is 12. The molecular formula is C48H75NO16. The first kappa shape index (κ1) is 56.0. The highest BCUT2D eigenvalue weighted by Crippen LogP contribution is 2.38. The number of aliphatic carboxylic acids is 1. The van der Waals surface area contributed by atoms with E-state index in [-0.39, 0.29) is 49.7 Å². The maximum atomic E-state index is 12.5. The number of rotatable bonds is 3. The molecule has 3 rings (SSSR count). The van der Waals surface area contributed by atoms with Crippen LogP contribution < -0.4 is 5.73 Å². The Morgan fingerprint density at radius 1 is 0.677 bits per heavy atom. The van der Waals surface area contributed by atoms with Crippen molar-refractivity contribution >= 4 is 5.97 Å². The van der Waals surface area contributed by atoms with Gasteiger partial charge >= 0.3 is 5.97 Å². The third-order valence-electron chi connectivity index (χ3n) is 12.1. The second-order valence-corrected chi connectivity index (χ2v) is 17.7. The second-order valence-electron chi connectivity index (χ2n) is 17.7. The zero-order valence-electron chi connectivity index (χ0n) is 37.9. The number of carboxylic acids is 1. The smallest absolute Gasteiger partial charge is 0.311 e. The molecule has 3 heterocycles. The van der Waals surface area contributed by atoms with Gasteiger partial charge in [-0.1, -0.05) is 105 Å². The number of fused-ring (bicyclic) bond motifs is 2. The predicted molar refractivity (Wildman–Crippen MR) is 241 cm³/mol. The van der Waals surface area contributed by atoms with E-state index in [1.165, 1.54) is 13.0 Å². The maximum absolute atomic E-state index is 12.5. The Labute approximate surface area is 382 Å². The number of carboxylic acid groups (broad SMARTS) is 1. The third-order valence-corrected chi connectivity index (χ3v) is 12.1. The molecule has 2 saturated heterocycles. The van der Waals surface area contributed by atoms with Crippen LogP contribution in [-0.2, 0) is 23.7 Å². The van der Waals surface area contributed by atoms with Crippen LogP contribution in [0.25, 0.3) is 0 Å². The molecular weight excluding hydrogens is 847 g/mol. The van der Waals surface area contributed by atoms with Crippen LogP contribution >= 0.6 is 0 Å². The summed E-state index contributed by atoms with van der Waals surface area (Å²) in [6, 6.07) is -1.14. The minimum absolute atomic E-state index is 0.00700. The molecule has 3 aliphatic rings. The molecule has 0 radical (unpaired) electrons. The molecule has 0 aromatic heterocycles. The summed E-state index contributed by atoms with van der Waals surface area (Å²) in [4.78, 5) is 12.5. The van der Waals surface area contributed by atoms with Crippen molar-refractivity contribution in [1.29, 1.82) is 0 Å². The fourth-order valence-electron chi connectivity index (χ4n) is 8.10. The number of aliphatic hydroxyl groups excluding tert-OH is 9. The van der Waals surface area contributed by atoms with E-state index < -0.39 is 129 Å². The first-order valence-corrected chi connectivity index (χ1v) is 22.5. The number of nitrogens with two attached hydrogens (primary N) is 1. The van der Waals surface area contributed by atoms with Gasteiger partial charge in [0, 0.05) is 43.9 Å². The van der Waals surface area contributed by atoms with Gasteiger partial charge < -0.3 is 80.9 Å². The molecule has 17 heteroatoms. The van der Waals surface area contributed by atoms with E-state index in [1.807, 2.05) is 56.4 Å². The van der Waals surface area contributed by atoms with Crippen molar-refractivity contribution in [2.75, 3.05) is 0 Å². The van der Waals surface area contributed by atoms with Crippen molar-refractivity contribution in [2.45, 2.75) is 177 Å². The molecule has 13 N–H and O–H groups in total. The van der Waals surface area contributed by atoms with E-state index in [9.17, 15) is 61.0 Å². The fourth-order valence-corrected chi connectivity index (χ4v) is 8.10. The molecule has 65 heavy (non-hydrogen) atoms. The van der Waals surface area contributed by atoms with Gasteiger partial charge in [-0.3, -0.25) is 4.79 Å². The van der Waals surface area contributed by atoms with Crippen molar-refractivity contribution in [3.8, 4) is 0 Å². The summed E-state index contributed by atoms with van der Waals surface area (Å²) in [5.41, 5.74) is 6.02. The Morgan fingerprint density at radius 3 is 1.83 bits per heavy atom. The molecule has 0 saturated carbocycles. The quantitative estimate of drug-likeness (QED) is 0.192. The lowest BCUT2D eigenvalue weighted by Gasteiger charge is -2.45. The lowest BCUT2D eigenvalue weighted by atomic mass is 9.82. The minimum atomic E-state index is -2.30. The normalized spacial score (nSPS) is 45.5. The van der Waals surface area contributed by atoms with Gasteiger partial charge in [-0.2, -0.15) is 0 Å². The molecule has 0 aliphatic carbocycles. The minimum Gasteiger partial charge on any atom is -0.495 e. The monoisotopic (exact) mass is 922 g/mol. The molecule has 0 unspecified atom stereocenters. The zero-order valence-corrected chi connectivity index (χ0v) is 37.9. The highest BCUT2D eigenvalue weighted by atomic mass is 16.7. The first-order chi connectivity index (χ1) is 30.6. The van der Waals surface area contributed by atoms with Gasteiger partial charge in [0.25, 0.3) is 0 Å². The summed E-state index contributed by atoms with van der Waals surface area (Å²) >= 11 is 0. The zero-order chi connectivity index (χ0) is 48.4. The van der Waals surface area contributed by atoms with E-state index in [2.05, 4.69) is 6.58 Å². The molecule has 2 fully saturated rings. The van der Waals surface area contributed by atoms with E-state index in [1.54, 1.807) is 43.4 Å². The van der Waals surface area contributed by atoms with E-state index in [0.29, 0.717) is 0 Å². The van der Waals surface area contributed by atoms with Crippen molar-refractivity contribution < 1.29 is 79.9 Å². The van der Waals surface area contributed by atoms with Gasteiger partial charge in [0.15, 0.2) is 12.1 Å². The highest BCUT2D eigenvalue weighted by molar-refractivity contribution is 5.71. The van der Waals surface area contributed by atoms with Gasteiger partial charge in [-0.15, -0.1) is 0 Å². The Hall–Kier alpha value is -3.37. The van der Waals surface area contributed by atoms with Crippen molar-refractivity contribution in [3.05, 3.63) is 97.4 Å². The van der Waals surface area contributed by atoms with Crippen LogP contribution in [0.3, 0.4) is 0 Å². The number of carbonyl (C=O) groups is 1. The second kappa shape index (κ2) is 27.4. The van der Waals surface area contributed by atoms with Crippen LogP contribution in [0.4, 0.5) is 0 Å². The van der Waals surface area contributed by atoms with Gasteiger partial charge in [0.2, 0.25) is 0 Å². The summed E-state index contributed by atoms with van der Waals surface area (Å²) in [6.45, 7) is 11.0. The number of ether oxygens (including phenoxy) is 4. The molecule has 0 aromatic rings. The Balaban J connectivity index is 1.86.